The molecule has 3 atom stereocenters. The highest BCUT2D eigenvalue weighted by molar-refractivity contribution is 6.33. The van der Waals surface area contributed by atoms with E-state index in [9.17, 15) is 0 Å². The molecule has 0 radical (unpaired) electrons. The minimum Gasteiger partial charge on any atom is -0.310 e. The Morgan fingerprint density at radius 1 is 1.17 bits per heavy atom. The van der Waals surface area contributed by atoms with E-state index >= 15 is 0 Å². The van der Waals surface area contributed by atoms with Crippen molar-refractivity contribution >= 4 is 23.2 Å². The highest BCUT2D eigenvalue weighted by atomic mass is 35.5. The largest absolute Gasteiger partial charge is 0.310 e. The molecule has 100 valence electrons. The van der Waals surface area contributed by atoms with Crippen LogP contribution in [0.1, 0.15) is 38.7 Å². The molecule has 0 bridgehead atoms. The molecule has 3 unspecified atom stereocenters. The molecule has 1 N–H and O–H groups in total. The Morgan fingerprint density at radius 2 is 1.94 bits per heavy atom. The number of hydrogen-bond donors (Lipinski definition) is 1. The summed E-state index contributed by atoms with van der Waals surface area (Å²) in [5.41, 5.74) is 1.09. The van der Waals surface area contributed by atoms with Crippen molar-refractivity contribution in [2.24, 2.45) is 11.8 Å². The molecule has 1 aromatic rings. The van der Waals surface area contributed by atoms with Gasteiger partial charge in [0.25, 0.3) is 0 Å². The van der Waals surface area contributed by atoms with Crippen LogP contribution < -0.4 is 5.32 Å². The van der Waals surface area contributed by atoms with Crippen molar-refractivity contribution in [3.63, 3.8) is 0 Å². The first kappa shape index (κ1) is 14.2. The zero-order valence-electron chi connectivity index (χ0n) is 11.0. The van der Waals surface area contributed by atoms with Crippen LogP contribution in [-0.4, -0.2) is 6.04 Å². The lowest BCUT2D eigenvalue weighted by atomic mass is 9.79. The fourth-order valence-corrected chi connectivity index (χ4v) is 3.05. The third-order valence-corrected chi connectivity index (χ3v) is 4.79. The summed E-state index contributed by atoms with van der Waals surface area (Å²) in [6, 6.07) is 6.27. The number of halogens is 2. The molecule has 0 aromatic heterocycles. The maximum atomic E-state index is 6.17. The molecule has 0 saturated heterocycles. The van der Waals surface area contributed by atoms with E-state index in [4.69, 9.17) is 23.2 Å². The fourth-order valence-electron chi connectivity index (χ4n) is 2.67. The average Bonchev–Trinajstić information content (AvgIpc) is 2.34. The molecule has 18 heavy (non-hydrogen) atoms. The third kappa shape index (κ3) is 3.63. The molecular formula is C15H21Cl2N. The number of hydrogen-bond acceptors (Lipinski definition) is 1. The standard InChI is InChI=1S/C15H21Cl2N/c1-10-3-5-14(7-11(10)2)18-9-12-8-13(16)4-6-15(12)17/h4,6,8,10-11,14,18H,3,5,7,9H2,1-2H3. The smallest absolute Gasteiger partial charge is 0.0451 e. The van der Waals surface area contributed by atoms with Gasteiger partial charge in [-0.3, -0.25) is 0 Å². The van der Waals surface area contributed by atoms with Gasteiger partial charge < -0.3 is 5.32 Å². The molecule has 1 aliphatic rings. The van der Waals surface area contributed by atoms with Crippen LogP contribution in [0.4, 0.5) is 0 Å². The van der Waals surface area contributed by atoms with E-state index in [1.165, 1.54) is 19.3 Å². The van der Waals surface area contributed by atoms with Gasteiger partial charge in [-0.05, 0) is 54.9 Å². The Balaban J connectivity index is 1.90. The van der Waals surface area contributed by atoms with Crippen LogP contribution in [0.2, 0.25) is 10.0 Å². The van der Waals surface area contributed by atoms with Gasteiger partial charge in [-0.1, -0.05) is 37.0 Å². The van der Waals surface area contributed by atoms with Gasteiger partial charge in [-0.25, -0.2) is 0 Å². The molecule has 3 heteroatoms. The Hall–Kier alpha value is -0.240. The van der Waals surface area contributed by atoms with Gasteiger partial charge in [0.15, 0.2) is 0 Å². The van der Waals surface area contributed by atoms with Crippen LogP contribution in [0, 0.1) is 11.8 Å². The van der Waals surface area contributed by atoms with Crippen molar-refractivity contribution < 1.29 is 0 Å². The quantitative estimate of drug-likeness (QED) is 0.832. The van der Waals surface area contributed by atoms with Crippen LogP contribution in [0.3, 0.4) is 0 Å². The van der Waals surface area contributed by atoms with Gasteiger partial charge in [0.2, 0.25) is 0 Å². The number of rotatable bonds is 3. The minimum atomic E-state index is 0.617. The van der Waals surface area contributed by atoms with E-state index in [0.717, 1.165) is 34.0 Å². The molecule has 1 saturated carbocycles. The van der Waals surface area contributed by atoms with Crippen LogP contribution in [-0.2, 0) is 6.54 Å². The predicted molar refractivity (Wildman–Crippen MR) is 79.3 cm³/mol. The van der Waals surface area contributed by atoms with Crippen LogP contribution in [0.15, 0.2) is 18.2 Å². The Morgan fingerprint density at radius 3 is 2.67 bits per heavy atom. The summed E-state index contributed by atoms with van der Waals surface area (Å²) in [4.78, 5) is 0. The van der Waals surface area contributed by atoms with Gasteiger partial charge in [0, 0.05) is 22.6 Å². The summed E-state index contributed by atoms with van der Waals surface area (Å²) in [5.74, 6) is 1.67. The monoisotopic (exact) mass is 285 g/mol. The lowest BCUT2D eigenvalue weighted by Gasteiger charge is -2.32. The third-order valence-electron chi connectivity index (χ3n) is 4.19. The van der Waals surface area contributed by atoms with Crippen molar-refractivity contribution in [2.45, 2.75) is 45.7 Å². The highest BCUT2D eigenvalue weighted by Gasteiger charge is 2.24. The van der Waals surface area contributed by atoms with E-state index < -0.39 is 0 Å². The van der Waals surface area contributed by atoms with E-state index in [-0.39, 0.29) is 0 Å². The Bertz CT molecular complexity index is 405. The van der Waals surface area contributed by atoms with Crippen LogP contribution in [0.25, 0.3) is 0 Å². The second-order valence-electron chi connectivity index (χ2n) is 5.58. The lowest BCUT2D eigenvalue weighted by molar-refractivity contribution is 0.225. The zero-order valence-corrected chi connectivity index (χ0v) is 12.6. The van der Waals surface area contributed by atoms with Gasteiger partial charge in [0.1, 0.15) is 0 Å². The second-order valence-corrected chi connectivity index (χ2v) is 6.42. The predicted octanol–water partition coefficient (Wildman–Crippen LogP) is 4.91. The SMILES string of the molecule is CC1CCC(NCc2cc(Cl)ccc2Cl)CC1C. The zero-order chi connectivity index (χ0) is 13.1. The summed E-state index contributed by atoms with van der Waals surface area (Å²) in [6.45, 7) is 5.52. The second kappa shape index (κ2) is 6.27. The van der Waals surface area contributed by atoms with Crippen molar-refractivity contribution in [2.75, 3.05) is 0 Å². The van der Waals surface area contributed by atoms with Gasteiger partial charge in [0.05, 0.1) is 0 Å². The lowest BCUT2D eigenvalue weighted by Crippen LogP contribution is -2.35. The molecule has 2 rings (SSSR count). The summed E-state index contributed by atoms with van der Waals surface area (Å²) >= 11 is 12.2. The molecule has 0 heterocycles. The molecule has 1 aliphatic carbocycles. The summed E-state index contributed by atoms with van der Waals surface area (Å²) in [7, 11) is 0. The van der Waals surface area contributed by atoms with Crippen molar-refractivity contribution in [3.8, 4) is 0 Å². The van der Waals surface area contributed by atoms with Crippen LogP contribution >= 0.6 is 23.2 Å². The van der Waals surface area contributed by atoms with Crippen molar-refractivity contribution in [1.82, 2.24) is 5.32 Å². The molecule has 1 aromatic carbocycles. The fraction of sp³-hybridized carbons (Fsp3) is 0.600. The topological polar surface area (TPSA) is 12.0 Å². The summed E-state index contributed by atoms with van der Waals surface area (Å²) < 4.78 is 0. The summed E-state index contributed by atoms with van der Waals surface area (Å²) in [5, 5.41) is 5.16. The first-order valence-electron chi connectivity index (χ1n) is 6.73. The average molecular weight is 286 g/mol. The highest BCUT2D eigenvalue weighted by Crippen LogP contribution is 2.29. The van der Waals surface area contributed by atoms with E-state index in [2.05, 4.69) is 19.2 Å². The molecule has 1 nitrogen and oxygen atoms in total. The number of nitrogens with one attached hydrogen (secondary N) is 1. The Kier molecular flexibility index (Phi) is 4.94. The van der Waals surface area contributed by atoms with Crippen molar-refractivity contribution in [1.29, 1.82) is 0 Å². The van der Waals surface area contributed by atoms with E-state index in [0.29, 0.717) is 6.04 Å². The van der Waals surface area contributed by atoms with Crippen molar-refractivity contribution in [3.05, 3.63) is 33.8 Å². The van der Waals surface area contributed by atoms with Gasteiger partial charge in [-0.15, -0.1) is 0 Å². The van der Waals surface area contributed by atoms with E-state index in [1.807, 2.05) is 18.2 Å². The van der Waals surface area contributed by atoms with E-state index in [1.54, 1.807) is 0 Å². The van der Waals surface area contributed by atoms with Crippen LogP contribution in [0.5, 0.6) is 0 Å². The maximum Gasteiger partial charge on any atom is 0.0451 e. The Labute approximate surface area is 120 Å². The first-order chi connectivity index (χ1) is 8.56. The molecule has 0 amide bonds. The normalized spacial score (nSPS) is 28.3. The molecule has 1 fully saturated rings. The van der Waals surface area contributed by atoms with Gasteiger partial charge in [-0.2, -0.15) is 0 Å². The minimum absolute atomic E-state index is 0.617. The first-order valence-corrected chi connectivity index (χ1v) is 7.49. The number of benzene rings is 1. The maximum absolute atomic E-state index is 6.17. The molecule has 0 spiro atoms. The van der Waals surface area contributed by atoms with Gasteiger partial charge >= 0.3 is 0 Å². The molecule has 0 aliphatic heterocycles. The summed E-state index contributed by atoms with van der Waals surface area (Å²) in [6.07, 6.45) is 3.85. The molecular weight excluding hydrogens is 265 g/mol.